The molecule has 8 rings (SSSR count). The minimum absolute atomic E-state index is 0.904. The molecular formula is C41H29N3. The van der Waals surface area contributed by atoms with Gasteiger partial charge in [0, 0.05) is 33.4 Å². The first-order valence-electron chi connectivity index (χ1n) is 14.9. The number of anilines is 3. The zero-order chi connectivity index (χ0) is 29.3. The molecule has 0 saturated carbocycles. The zero-order valence-electron chi connectivity index (χ0n) is 24.1. The molecule has 2 aromatic heterocycles. The number of hydrogen-bond acceptors (Lipinski definition) is 2. The number of aromatic nitrogens is 2. The fraction of sp³-hybridized carbons (Fsp3) is 0. The number of nitrogens with zero attached hydrogens (tertiary/aromatic N) is 3. The molecule has 0 atom stereocenters. The van der Waals surface area contributed by atoms with E-state index >= 15 is 0 Å². The summed E-state index contributed by atoms with van der Waals surface area (Å²) < 4.78 is 2.28. The number of pyridine rings is 1. The topological polar surface area (TPSA) is 21.1 Å². The number of rotatable bonds is 6. The highest BCUT2D eigenvalue weighted by Gasteiger charge is 2.18. The van der Waals surface area contributed by atoms with E-state index in [9.17, 15) is 0 Å². The van der Waals surface area contributed by atoms with Crippen molar-refractivity contribution in [3.63, 3.8) is 0 Å². The van der Waals surface area contributed by atoms with Crippen molar-refractivity contribution in [2.24, 2.45) is 0 Å². The van der Waals surface area contributed by atoms with Gasteiger partial charge in [0.15, 0.2) is 0 Å². The Morgan fingerprint density at radius 3 is 1.70 bits per heavy atom. The molecule has 3 nitrogen and oxygen atoms in total. The summed E-state index contributed by atoms with van der Waals surface area (Å²) in [5, 5.41) is 2.38. The van der Waals surface area contributed by atoms with E-state index in [2.05, 4.69) is 179 Å². The first-order chi connectivity index (χ1) is 21.8. The van der Waals surface area contributed by atoms with Crippen LogP contribution in [-0.4, -0.2) is 9.55 Å². The van der Waals surface area contributed by atoms with Crippen LogP contribution in [0.25, 0.3) is 50.0 Å². The van der Waals surface area contributed by atoms with E-state index in [1.807, 2.05) is 6.07 Å². The maximum atomic E-state index is 5.12. The zero-order valence-corrected chi connectivity index (χ0v) is 24.1. The molecule has 0 fully saturated rings. The molecule has 44 heavy (non-hydrogen) atoms. The van der Waals surface area contributed by atoms with Crippen LogP contribution in [0, 0.1) is 0 Å². The molecule has 8 aromatic rings. The van der Waals surface area contributed by atoms with E-state index in [4.69, 9.17) is 4.98 Å². The highest BCUT2D eigenvalue weighted by atomic mass is 15.1. The highest BCUT2D eigenvalue weighted by Crippen LogP contribution is 2.40. The van der Waals surface area contributed by atoms with Crippen molar-refractivity contribution < 1.29 is 0 Å². The molecule has 3 heteroatoms. The largest absolute Gasteiger partial charge is 0.310 e. The van der Waals surface area contributed by atoms with Crippen LogP contribution in [0.5, 0.6) is 0 Å². The lowest BCUT2D eigenvalue weighted by Crippen LogP contribution is -2.09. The van der Waals surface area contributed by atoms with Crippen LogP contribution in [0.2, 0.25) is 0 Å². The van der Waals surface area contributed by atoms with Gasteiger partial charge in [0.2, 0.25) is 0 Å². The molecule has 6 aromatic carbocycles. The van der Waals surface area contributed by atoms with Gasteiger partial charge >= 0.3 is 0 Å². The van der Waals surface area contributed by atoms with Gasteiger partial charge in [-0.25, -0.2) is 4.98 Å². The summed E-state index contributed by atoms with van der Waals surface area (Å²) in [5.41, 5.74) is 10.1. The Morgan fingerprint density at radius 2 is 0.955 bits per heavy atom. The fourth-order valence-corrected chi connectivity index (χ4v) is 6.12. The summed E-state index contributed by atoms with van der Waals surface area (Å²) in [7, 11) is 0. The standard InChI is InChI=1S/C41H29N3/c1-4-13-30(14-5-1)31-23-25-34(26-24-31)43(33-17-8-3-9-18-33)35-27-28-40-37(29-35)36-19-10-11-21-39(36)44(40)41-22-12-20-38(42-41)32-15-6-2-7-16-32/h1-29H. The molecule has 0 saturated heterocycles. The number of benzene rings is 6. The van der Waals surface area contributed by atoms with Crippen LogP contribution >= 0.6 is 0 Å². The van der Waals surface area contributed by atoms with Crippen molar-refractivity contribution in [2.75, 3.05) is 4.90 Å². The van der Waals surface area contributed by atoms with Gasteiger partial charge in [-0.3, -0.25) is 4.57 Å². The molecule has 2 heterocycles. The van der Waals surface area contributed by atoms with Crippen molar-refractivity contribution in [3.05, 3.63) is 176 Å². The molecule has 0 unspecified atom stereocenters. The van der Waals surface area contributed by atoms with Gasteiger partial charge in [0.05, 0.1) is 16.7 Å². The summed E-state index contributed by atoms with van der Waals surface area (Å²) in [5.74, 6) is 0.904. The van der Waals surface area contributed by atoms with Crippen LogP contribution in [-0.2, 0) is 0 Å². The smallest absolute Gasteiger partial charge is 0.138 e. The van der Waals surface area contributed by atoms with Crippen molar-refractivity contribution in [3.8, 4) is 28.2 Å². The van der Waals surface area contributed by atoms with Gasteiger partial charge in [-0.15, -0.1) is 0 Å². The minimum atomic E-state index is 0.904. The Balaban J connectivity index is 1.28. The van der Waals surface area contributed by atoms with Crippen molar-refractivity contribution >= 4 is 38.9 Å². The lowest BCUT2D eigenvalue weighted by Gasteiger charge is -2.26. The Bertz CT molecular complexity index is 2200. The van der Waals surface area contributed by atoms with Crippen LogP contribution < -0.4 is 4.90 Å². The molecule has 0 aliphatic heterocycles. The normalized spacial score (nSPS) is 11.2. The van der Waals surface area contributed by atoms with E-state index in [0.717, 1.165) is 45.2 Å². The summed E-state index contributed by atoms with van der Waals surface area (Å²) in [6.07, 6.45) is 0. The Morgan fingerprint density at radius 1 is 0.386 bits per heavy atom. The second-order valence-electron chi connectivity index (χ2n) is 10.9. The highest BCUT2D eigenvalue weighted by molar-refractivity contribution is 6.10. The molecule has 0 aliphatic carbocycles. The van der Waals surface area contributed by atoms with E-state index in [-0.39, 0.29) is 0 Å². The molecule has 0 spiro atoms. The SMILES string of the molecule is c1ccc(-c2ccc(N(c3ccccc3)c3ccc4c(c3)c3ccccc3n4-c3cccc(-c4ccccc4)n3)cc2)cc1. The van der Waals surface area contributed by atoms with Gasteiger partial charge in [0.25, 0.3) is 0 Å². The third kappa shape index (κ3) is 4.61. The van der Waals surface area contributed by atoms with Gasteiger partial charge < -0.3 is 4.90 Å². The number of para-hydroxylation sites is 2. The van der Waals surface area contributed by atoms with Gasteiger partial charge in [-0.2, -0.15) is 0 Å². The van der Waals surface area contributed by atoms with E-state index in [0.29, 0.717) is 0 Å². The monoisotopic (exact) mass is 563 g/mol. The first kappa shape index (κ1) is 25.8. The Labute approximate surface area is 256 Å². The maximum absolute atomic E-state index is 5.12. The molecule has 208 valence electrons. The van der Waals surface area contributed by atoms with E-state index in [1.165, 1.54) is 21.9 Å². The van der Waals surface area contributed by atoms with E-state index in [1.54, 1.807) is 0 Å². The van der Waals surface area contributed by atoms with Crippen LogP contribution in [0.4, 0.5) is 17.1 Å². The predicted molar refractivity (Wildman–Crippen MR) is 184 cm³/mol. The molecule has 0 radical (unpaired) electrons. The number of fused-ring (bicyclic) bond motifs is 3. The van der Waals surface area contributed by atoms with Crippen molar-refractivity contribution in [1.82, 2.24) is 9.55 Å². The third-order valence-corrected chi connectivity index (χ3v) is 8.19. The average molecular weight is 564 g/mol. The van der Waals surface area contributed by atoms with Crippen LogP contribution in [0.1, 0.15) is 0 Å². The molecule has 0 aliphatic rings. The van der Waals surface area contributed by atoms with Gasteiger partial charge in [-0.1, -0.05) is 115 Å². The molecular weight excluding hydrogens is 534 g/mol. The second-order valence-corrected chi connectivity index (χ2v) is 10.9. The fourth-order valence-electron chi connectivity index (χ4n) is 6.12. The predicted octanol–water partition coefficient (Wildman–Crippen LogP) is 11.0. The first-order valence-corrected chi connectivity index (χ1v) is 14.9. The quantitative estimate of drug-likeness (QED) is 0.201. The molecule has 0 amide bonds. The van der Waals surface area contributed by atoms with Gasteiger partial charge in [0.1, 0.15) is 5.82 Å². The summed E-state index contributed by atoms with van der Waals surface area (Å²) >= 11 is 0. The average Bonchev–Trinajstić information content (AvgIpc) is 3.44. The van der Waals surface area contributed by atoms with E-state index < -0.39 is 0 Å². The van der Waals surface area contributed by atoms with Gasteiger partial charge in [-0.05, 0) is 71.8 Å². The lowest BCUT2D eigenvalue weighted by atomic mass is 10.0. The summed E-state index contributed by atoms with van der Waals surface area (Å²) in [6.45, 7) is 0. The van der Waals surface area contributed by atoms with Crippen molar-refractivity contribution in [2.45, 2.75) is 0 Å². The Kier molecular flexibility index (Phi) is 6.47. The molecule has 0 bridgehead atoms. The minimum Gasteiger partial charge on any atom is -0.310 e. The summed E-state index contributed by atoms with van der Waals surface area (Å²) in [4.78, 5) is 7.45. The summed E-state index contributed by atoms with van der Waals surface area (Å²) in [6, 6.07) is 61.9. The second kappa shape index (κ2) is 11.0. The number of hydrogen-bond donors (Lipinski definition) is 0. The maximum Gasteiger partial charge on any atom is 0.138 e. The third-order valence-electron chi connectivity index (χ3n) is 8.19. The van der Waals surface area contributed by atoms with Crippen LogP contribution in [0.3, 0.4) is 0 Å². The van der Waals surface area contributed by atoms with Crippen LogP contribution in [0.15, 0.2) is 176 Å². The Hall–Kier alpha value is -5.93. The lowest BCUT2D eigenvalue weighted by molar-refractivity contribution is 1.08. The molecule has 0 N–H and O–H groups in total. The van der Waals surface area contributed by atoms with Crippen molar-refractivity contribution in [1.29, 1.82) is 0 Å².